The fourth-order valence-corrected chi connectivity index (χ4v) is 6.20. The van der Waals surface area contributed by atoms with Gasteiger partial charge in [0.25, 0.3) is 10.0 Å². The van der Waals surface area contributed by atoms with E-state index in [-0.39, 0.29) is 68.0 Å². The first-order valence-electron chi connectivity index (χ1n) is 11.0. The summed E-state index contributed by atoms with van der Waals surface area (Å²) in [7, 11) is -4.09. The average Bonchev–Trinajstić information content (AvgIpc) is 2.82. The Bertz CT molecular complexity index is 1430. The van der Waals surface area contributed by atoms with E-state index in [1.165, 1.54) is 19.1 Å². The molecule has 7 nitrogen and oxygen atoms in total. The fourth-order valence-electron chi connectivity index (χ4n) is 3.83. The molecule has 0 unspecified atom stereocenters. The Morgan fingerprint density at radius 2 is 1.75 bits per heavy atom. The summed E-state index contributed by atoms with van der Waals surface area (Å²) < 4.78 is 34.4. The van der Waals surface area contributed by atoms with E-state index in [9.17, 15) is 18.0 Å². The number of hydrogen-bond acceptors (Lipinski definition) is 6. The summed E-state index contributed by atoms with van der Waals surface area (Å²) in [5, 5.41) is 0.696. The maximum absolute atomic E-state index is 13.6. The van der Waals surface area contributed by atoms with Crippen LogP contribution in [0.3, 0.4) is 0 Å². The van der Waals surface area contributed by atoms with E-state index < -0.39 is 16.1 Å². The van der Waals surface area contributed by atoms with Crippen LogP contribution in [0, 0.1) is 0 Å². The van der Waals surface area contributed by atoms with Crippen molar-refractivity contribution in [2.24, 2.45) is 0 Å². The normalized spacial score (nSPS) is 15.2. The molecule has 2 heterocycles. The highest BCUT2D eigenvalue weighted by Crippen LogP contribution is 2.37. The van der Waals surface area contributed by atoms with Crippen LogP contribution in [0.1, 0.15) is 35.8 Å². The number of halogens is 3. The third-order valence-electron chi connectivity index (χ3n) is 5.58. The number of nitrogens with zero attached hydrogens (tertiary/aromatic N) is 2. The van der Waals surface area contributed by atoms with Gasteiger partial charge in [-0.3, -0.25) is 4.79 Å². The van der Waals surface area contributed by atoms with E-state index in [4.69, 9.17) is 39.5 Å². The number of carbonyl (C=O) groups is 2. The molecule has 0 radical (unpaired) electrons. The van der Waals surface area contributed by atoms with E-state index in [1.54, 1.807) is 42.5 Å². The SMILES string of the molecule is CC(=O)CC[C@H]1CN(S(=O)(=O)c2cccc(Cl)c2)c2nc(CC(=O)c3c(Cl)cccc3Cl)ccc2O1. The molecule has 36 heavy (non-hydrogen) atoms. The highest BCUT2D eigenvalue weighted by atomic mass is 35.5. The lowest BCUT2D eigenvalue weighted by Crippen LogP contribution is -2.44. The van der Waals surface area contributed by atoms with Crippen LogP contribution in [0.5, 0.6) is 5.75 Å². The van der Waals surface area contributed by atoms with E-state index in [0.717, 1.165) is 4.31 Å². The second-order valence-corrected chi connectivity index (χ2v) is 11.4. The Labute approximate surface area is 224 Å². The number of fused-ring (bicyclic) bond motifs is 1. The van der Waals surface area contributed by atoms with Crippen LogP contribution in [0.25, 0.3) is 0 Å². The lowest BCUT2D eigenvalue weighted by molar-refractivity contribution is -0.117. The molecule has 3 aromatic rings. The van der Waals surface area contributed by atoms with Gasteiger partial charge in [-0.1, -0.05) is 46.9 Å². The quantitative estimate of drug-likeness (QED) is 0.320. The first kappa shape index (κ1) is 26.4. The number of sulfonamides is 1. The van der Waals surface area contributed by atoms with Crippen molar-refractivity contribution in [3.05, 3.63) is 80.9 Å². The number of ether oxygens (including phenoxy) is 1. The van der Waals surface area contributed by atoms with E-state index in [0.29, 0.717) is 12.1 Å². The van der Waals surface area contributed by atoms with Crippen molar-refractivity contribution < 1.29 is 22.7 Å². The van der Waals surface area contributed by atoms with Crippen LogP contribution in [0.2, 0.25) is 15.1 Å². The van der Waals surface area contributed by atoms with E-state index in [2.05, 4.69) is 4.98 Å². The highest BCUT2D eigenvalue weighted by molar-refractivity contribution is 7.92. The molecule has 4 rings (SSSR count). The molecule has 0 fully saturated rings. The number of aromatic nitrogens is 1. The molecule has 1 atom stereocenters. The monoisotopic (exact) mass is 566 g/mol. The minimum Gasteiger partial charge on any atom is -0.485 e. The third kappa shape index (κ3) is 5.67. The number of ketones is 2. The first-order chi connectivity index (χ1) is 17.1. The summed E-state index contributed by atoms with van der Waals surface area (Å²) >= 11 is 18.4. The van der Waals surface area contributed by atoms with E-state index >= 15 is 0 Å². The number of hydrogen-bond donors (Lipinski definition) is 0. The van der Waals surface area contributed by atoms with Gasteiger partial charge in [-0.15, -0.1) is 0 Å². The molecule has 0 bridgehead atoms. The summed E-state index contributed by atoms with van der Waals surface area (Å²) in [5.41, 5.74) is 0.483. The molecular weight excluding hydrogens is 547 g/mol. The molecule has 0 spiro atoms. The molecule has 0 amide bonds. The molecule has 0 saturated carbocycles. The maximum Gasteiger partial charge on any atom is 0.265 e. The summed E-state index contributed by atoms with van der Waals surface area (Å²) in [6, 6.07) is 13.8. The van der Waals surface area contributed by atoms with Gasteiger partial charge >= 0.3 is 0 Å². The predicted octanol–water partition coefficient (Wildman–Crippen LogP) is 5.79. The van der Waals surface area contributed by atoms with Gasteiger partial charge in [-0.25, -0.2) is 17.7 Å². The Balaban J connectivity index is 1.72. The van der Waals surface area contributed by atoms with Crippen LogP contribution >= 0.6 is 34.8 Å². The van der Waals surface area contributed by atoms with Gasteiger partial charge in [-0.2, -0.15) is 0 Å². The standard InChI is InChI=1S/C25H21Cl3N2O5S/c1-15(31)8-10-18-14-30(36(33,34)19-5-2-4-16(26)12-19)25-23(35-18)11-9-17(29-25)13-22(32)24-20(27)6-3-7-21(24)28/h2-7,9,11-12,18H,8,10,13-14H2,1H3/t18-/m0/s1. The second kappa shape index (κ2) is 10.8. The minimum atomic E-state index is -4.09. The smallest absolute Gasteiger partial charge is 0.265 e. The average molecular weight is 568 g/mol. The van der Waals surface area contributed by atoms with Gasteiger partial charge < -0.3 is 9.53 Å². The summed E-state index contributed by atoms with van der Waals surface area (Å²) in [6.45, 7) is 1.41. The molecule has 1 aliphatic heterocycles. The van der Waals surface area contributed by atoms with Crippen LogP contribution in [0.4, 0.5) is 5.82 Å². The van der Waals surface area contributed by atoms with Gasteiger partial charge in [0.1, 0.15) is 11.9 Å². The predicted molar refractivity (Wildman–Crippen MR) is 139 cm³/mol. The van der Waals surface area contributed by atoms with Gasteiger partial charge in [0, 0.05) is 11.4 Å². The summed E-state index contributed by atoms with van der Waals surface area (Å²) in [6.07, 6.45) is -0.146. The zero-order chi connectivity index (χ0) is 26.0. The van der Waals surface area contributed by atoms with Crippen LogP contribution in [-0.4, -0.2) is 37.6 Å². The molecule has 0 saturated heterocycles. The molecule has 1 aromatic heterocycles. The number of carbonyl (C=O) groups excluding carboxylic acids is 2. The number of Topliss-reactive ketones (excluding diaryl/α,β-unsaturated/α-hetero) is 2. The van der Waals surface area contributed by atoms with Crippen LogP contribution in [-0.2, 0) is 21.2 Å². The Morgan fingerprint density at radius 1 is 1.06 bits per heavy atom. The molecule has 188 valence electrons. The molecule has 11 heteroatoms. The molecule has 0 N–H and O–H groups in total. The maximum atomic E-state index is 13.6. The fraction of sp³-hybridized carbons (Fsp3) is 0.240. The largest absolute Gasteiger partial charge is 0.485 e. The van der Waals surface area contributed by atoms with Crippen molar-refractivity contribution in [2.75, 3.05) is 10.8 Å². The Hall–Kier alpha value is -2.65. The zero-order valence-corrected chi connectivity index (χ0v) is 22.2. The Kier molecular flexibility index (Phi) is 7.90. The van der Waals surface area contributed by atoms with Gasteiger partial charge in [-0.05, 0) is 55.8 Å². The summed E-state index contributed by atoms with van der Waals surface area (Å²) in [4.78, 5) is 28.9. The molecule has 0 aliphatic carbocycles. The number of benzene rings is 2. The van der Waals surface area contributed by atoms with Gasteiger partial charge in [0.2, 0.25) is 0 Å². The third-order valence-corrected chi connectivity index (χ3v) is 8.20. The van der Waals surface area contributed by atoms with Crippen molar-refractivity contribution in [2.45, 2.75) is 37.2 Å². The topological polar surface area (TPSA) is 93.6 Å². The van der Waals surface area contributed by atoms with Crippen molar-refractivity contribution in [1.29, 1.82) is 0 Å². The van der Waals surface area contributed by atoms with Crippen LogP contribution in [0.15, 0.2) is 59.5 Å². The zero-order valence-electron chi connectivity index (χ0n) is 19.1. The Morgan fingerprint density at radius 3 is 2.42 bits per heavy atom. The number of rotatable bonds is 8. The first-order valence-corrected chi connectivity index (χ1v) is 13.5. The van der Waals surface area contributed by atoms with Crippen LogP contribution < -0.4 is 9.04 Å². The summed E-state index contributed by atoms with van der Waals surface area (Å²) in [5.74, 6) is -0.116. The molecule has 1 aliphatic rings. The van der Waals surface area contributed by atoms with Crippen molar-refractivity contribution in [3.8, 4) is 5.75 Å². The highest BCUT2D eigenvalue weighted by Gasteiger charge is 2.36. The second-order valence-electron chi connectivity index (χ2n) is 8.30. The van der Waals surface area contributed by atoms with Crippen molar-refractivity contribution >= 4 is 62.2 Å². The lowest BCUT2D eigenvalue weighted by Gasteiger charge is -2.34. The van der Waals surface area contributed by atoms with Gasteiger partial charge in [0.15, 0.2) is 17.4 Å². The van der Waals surface area contributed by atoms with Gasteiger partial charge in [0.05, 0.1) is 39.2 Å². The minimum absolute atomic E-state index is 0.0145. The van der Waals surface area contributed by atoms with Crippen molar-refractivity contribution in [1.82, 2.24) is 4.98 Å². The number of anilines is 1. The molecule has 2 aromatic carbocycles. The number of pyridine rings is 1. The van der Waals surface area contributed by atoms with Crippen molar-refractivity contribution in [3.63, 3.8) is 0 Å². The molecular formula is C25H21Cl3N2O5S. The lowest BCUT2D eigenvalue weighted by atomic mass is 10.1. The van der Waals surface area contributed by atoms with E-state index in [1.807, 2.05) is 0 Å².